The number of rotatable bonds is 5. The molecule has 4 rings (SSSR count). The molecule has 1 aliphatic heterocycles. The normalized spacial score (nSPS) is 16.5. The predicted octanol–water partition coefficient (Wildman–Crippen LogP) is 2.93. The number of furan rings is 1. The molecule has 0 spiro atoms. The fourth-order valence-electron chi connectivity index (χ4n) is 3.17. The van der Waals surface area contributed by atoms with Crippen LogP contribution in [-0.4, -0.2) is 17.1 Å². The predicted molar refractivity (Wildman–Crippen MR) is 113 cm³/mol. The molecule has 1 atom stereocenters. The second-order valence-corrected chi connectivity index (χ2v) is 8.42. The number of carbonyl (C=O) groups excluding carboxylic acids is 1. The lowest BCUT2D eigenvalue weighted by molar-refractivity contribution is -0.138. The van der Waals surface area contributed by atoms with Crippen molar-refractivity contribution in [2.24, 2.45) is 4.99 Å². The smallest absolute Gasteiger partial charge is 0.338 e. The van der Waals surface area contributed by atoms with Crippen molar-refractivity contribution in [1.82, 2.24) is 4.57 Å². The molecule has 0 radical (unpaired) electrons. The van der Waals surface area contributed by atoms with Crippen molar-refractivity contribution in [2.75, 3.05) is 6.61 Å². The van der Waals surface area contributed by atoms with Crippen molar-refractivity contribution < 1.29 is 13.9 Å². The van der Waals surface area contributed by atoms with Gasteiger partial charge in [0.05, 0.1) is 15.8 Å². The Morgan fingerprint density at radius 2 is 2.21 bits per heavy atom. The van der Waals surface area contributed by atoms with Crippen LogP contribution < -0.4 is 14.9 Å². The first-order valence-corrected chi connectivity index (χ1v) is 10.6. The summed E-state index contributed by atoms with van der Waals surface area (Å²) in [6.07, 6.45) is 3.21. The number of aryl methyl sites for hydroxylation is 1. The molecule has 0 fully saturated rings. The molecule has 1 unspecified atom stereocenters. The standard InChI is InChI=1S/C21H18N2O4S2/c1-4-9-26-20(25)17-13(3)22-21-23(18(17)15-6-5-10-28-15)19(24)16(29-21)11-14-8-7-12(2)27-14/h4-8,10-11,18H,1,9H2,2-3H3/b16-11-. The monoisotopic (exact) mass is 426 g/mol. The topological polar surface area (TPSA) is 73.8 Å². The Bertz CT molecular complexity index is 1290. The molecule has 3 aromatic heterocycles. The van der Waals surface area contributed by atoms with Gasteiger partial charge in [-0.25, -0.2) is 9.79 Å². The molecule has 1 aliphatic rings. The van der Waals surface area contributed by atoms with E-state index in [0.717, 1.165) is 10.6 Å². The van der Waals surface area contributed by atoms with Crippen LogP contribution in [0, 0.1) is 6.92 Å². The number of hydrogen-bond acceptors (Lipinski definition) is 7. The van der Waals surface area contributed by atoms with E-state index in [4.69, 9.17) is 9.15 Å². The highest BCUT2D eigenvalue weighted by Crippen LogP contribution is 2.33. The van der Waals surface area contributed by atoms with Gasteiger partial charge in [0.15, 0.2) is 4.80 Å². The third-order valence-corrected chi connectivity index (χ3v) is 6.33. The average molecular weight is 427 g/mol. The quantitative estimate of drug-likeness (QED) is 0.464. The summed E-state index contributed by atoms with van der Waals surface area (Å²) in [6, 6.07) is 6.87. The number of fused-ring (bicyclic) bond motifs is 1. The van der Waals surface area contributed by atoms with Gasteiger partial charge >= 0.3 is 5.97 Å². The maximum absolute atomic E-state index is 13.3. The van der Waals surface area contributed by atoms with Gasteiger partial charge in [-0.05, 0) is 37.4 Å². The van der Waals surface area contributed by atoms with E-state index in [-0.39, 0.29) is 12.2 Å². The van der Waals surface area contributed by atoms with E-state index in [9.17, 15) is 9.59 Å². The number of aromatic nitrogens is 1. The SMILES string of the molecule is C=CCOC(=O)C1=C(C)N=c2s/c(=C\c3ccc(C)o3)c(=O)n2C1c1cccs1. The Labute approximate surface area is 174 Å². The molecule has 0 bridgehead atoms. The highest BCUT2D eigenvalue weighted by atomic mass is 32.1. The molecule has 0 saturated heterocycles. The van der Waals surface area contributed by atoms with Crippen LogP contribution in [0.25, 0.3) is 6.08 Å². The molecule has 0 saturated carbocycles. The Morgan fingerprint density at radius 3 is 2.86 bits per heavy atom. The van der Waals surface area contributed by atoms with E-state index in [1.165, 1.54) is 28.7 Å². The van der Waals surface area contributed by atoms with Gasteiger partial charge in [0, 0.05) is 11.0 Å². The van der Waals surface area contributed by atoms with Crippen LogP contribution in [-0.2, 0) is 9.53 Å². The van der Waals surface area contributed by atoms with Gasteiger partial charge in [-0.15, -0.1) is 11.3 Å². The zero-order valence-corrected chi connectivity index (χ0v) is 17.5. The largest absolute Gasteiger partial charge is 0.462 e. The van der Waals surface area contributed by atoms with Crippen molar-refractivity contribution >= 4 is 34.7 Å². The number of nitrogens with zero attached hydrogens (tertiary/aromatic N) is 2. The van der Waals surface area contributed by atoms with Gasteiger partial charge in [0.2, 0.25) is 0 Å². The maximum Gasteiger partial charge on any atom is 0.338 e. The molecule has 0 aliphatic carbocycles. The number of ether oxygens (including phenoxy) is 1. The second-order valence-electron chi connectivity index (χ2n) is 6.43. The Kier molecular flexibility index (Phi) is 5.21. The van der Waals surface area contributed by atoms with Crippen LogP contribution in [0.15, 0.2) is 67.8 Å². The molecule has 6 nitrogen and oxygen atoms in total. The Balaban J connectivity index is 1.91. The van der Waals surface area contributed by atoms with E-state index < -0.39 is 12.0 Å². The van der Waals surface area contributed by atoms with Crippen LogP contribution >= 0.6 is 22.7 Å². The van der Waals surface area contributed by atoms with E-state index in [0.29, 0.717) is 26.4 Å². The number of hydrogen-bond donors (Lipinski definition) is 0. The minimum Gasteiger partial charge on any atom is -0.462 e. The van der Waals surface area contributed by atoms with Gasteiger partial charge < -0.3 is 9.15 Å². The van der Waals surface area contributed by atoms with Gasteiger partial charge in [-0.3, -0.25) is 9.36 Å². The number of thiophene rings is 1. The highest BCUT2D eigenvalue weighted by Gasteiger charge is 2.33. The first-order chi connectivity index (χ1) is 14.0. The van der Waals surface area contributed by atoms with Crippen LogP contribution in [0.5, 0.6) is 0 Å². The van der Waals surface area contributed by atoms with Crippen molar-refractivity contribution in [2.45, 2.75) is 19.9 Å². The summed E-state index contributed by atoms with van der Waals surface area (Å²) in [5.41, 5.74) is 0.684. The molecule has 4 heterocycles. The fraction of sp³-hybridized carbons (Fsp3) is 0.190. The van der Waals surface area contributed by atoms with Crippen molar-refractivity contribution in [1.29, 1.82) is 0 Å². The van der Waals surface area contributed by atoms with Crippen molar-refractivity contribution in [3.63, 3.8) is 0 Å². The summed E-state index contributed by atoms with van der Waals surface area (Å²) < 4.78 is 12.9. The summed E-state index contributed by atoms with van der Waals surface area (Å²) in [6.45, 7) is 7.28. The molecule has 8 heteroatoms. The maximum atomic E-state index is 13.3. The molecule has 148 valence electrons. The summed E-state index contributed by atoms with van der Waals surface area (Å²) in [4.78, 5) is 32.0. The minimum absolute atomic E-state index is 0.0923. The first-order valence-electron chi connectivity index (χ1n) is 8.90. The van der Waals surface area contributed by atoms with Gasteiger partial charge in [0.1, 0.15) is 24.2 Å². The lowest BCUT2D eigenvalue weighted by Crippen LogP contribution is -2.39. The molecule has 29 heavy (non-hydrogen) atoms. The summed E-state index contributed by atoms with van der Waals surface area (Å²) >= 11 is 2.75. The van der Waals surface area contributed by atoms with Crippen LogP contribution in [0.4, 0.5) is 0 Å². The van der Waals surface area contributed by atoms with Crippen LogP contribution in [0.1, 0.15) is 29.4 Å². The Morgan fingerprint density at radius 1 is 1.38 bits per heavy atom. The minimum atomic E-state index is -0.580. The van der Waals surface area contributed by atoms with Crippen molar-refractivity contribution in [3.8, 4) is 0 Å². The zero-order valence-electron chi connectivity index (χ0n) is 15.9. The van der Waals surface area contributed by atoms with Gasteiger partial charge in [-0.2, -0.15) is 0 Å². The Hall–Kier alpha value is -2.97. The molecular formula is C21H18N2O4S2. The third-order valence-electron chi connectivity index (χ3n) is 4.42. The zero-order chi connectivity index (χ0) is 20.5. The third kappa shape index (κ3) is 3.56. The number of esters is 1. The number of carbonyl (C=O) groups is 1. The average Bonchev–Trinajstić information content (AvgIpc) is 3.41. The van der Waals surface area contributed by atoms with E-state index in [1.54, 1.807) is 17.6 Å². The van der Waals surface area contributed by atoms with Gasteiger partial charge in [0.25, 0.3) is 5.56 Å². The fourth-order valence-corrected chi connectivity index (χ4v) is 5.02. The first kappa shape index (κ1) is 19.4. The van der Waals surface area contributed by atoms with Gasteiger partial charge in [-0.1, -0.05) is 30.1 Å². The van der Waals surface area contributed by atoms with Crippen molar-refractivity contribution in [3.05, 3.63) is 89.7 Å². The van der Waals surface area contributed by atoms with Crippen LogP contribution in [0.2, 0.25) is 0 Å². The molecule has 0 N–H and O–H groups in total. The van der Waals surface area contributed by atoms with Crippen LogP contribution in [0.3, 0.4) is 0 Å². The number of thiazole rings is 1. The highest BCUT2D eigenvalue weighted by molar-refractivity contribution is 7.10. The lowest BCUT2D eigenvalue weighted by Gasteiger charge is -2.23. The second kappa shape index (κ2) is 7.81. The number of allylic oxidation sites excluding steroid dienone is 1. The van der Waals surface area contributed by atoms with E-state index in [1.807, 2.05) is 36.6 Å². The lowest BCUT2D eigenvalue weighted by atomic mass is 10.0. The molecule has 0 aromatic carbocycles. The summed E-state index contributed by atoms with van der Waals surface area (Å²) in [7, 11) is 0. The van der Waals surface area contributed by atoms with E-state index in [2.05, 4.69) is 11.6 Å². The molecule has 3 aromatic rings. The molecular weight excluding hydrogens is 408 g/mol. The van der Waals surface area contributed by atoms with E-state index >= 15 is 0 Å². The molecule has 0 amide bonds. The summed E-state index contributed by atoms with van der Waals surface area (Å²) in [5, 5.41) is 1.92. The summed E-state index contributed by atoms with van der Waals surface area (Å²) in [5.74, 6) is 0.867.